The van der Waals surface area contributed by atoms with Gasteiger partial charge in [0, 0.05) is 16.3 Å². The third kappa shape index (κ3) is 4.03. The Kier molecular flexibility index (Phi) is 5.07. The van der Waals surface area contributed by atoms with Crippen LogP contribution in [0.2, 0.25) is 0 Å². The highest BCUT2D eigenvalue weighted by molar-refractivity contribution is 7.98. The first-order valence-electron chi connectivity index (χ1n) is 6.42. The van der Waals surface area contributed by atoms with Gasteiger partial charge in [-0.1, -0.05) is 24.3 Å². The predicted octanol–water partition coefficient (Wildman–Crippen LogP) is 3.77. The molecule has 2 aromatic carbocycles. The Morgan fingerprint density at radius 2 is 1.95 bits per heavy atom. The van der Waals surface area contributed by atoms with E-state index in [4.69, 9.17) is 0 Å². The second kappa shape index (κ2) is 7.01. The molecule has 3 nitrogen and oxygen atoms in total. The SMILES string of the molecule is CSc1ccccc1NCC(=O)Nc1cccc(C)c1. The van der Waals surface area contributed by atoms with Crippen molar-refractivity contribution in [3.8, 4) is 0 Å². The zero-order valence-corrected chi connectivity index (χ0v) is 12.5. The molecule has 0 heterocycles. The van der Waals surface area contributed by atoms with Crippen molar-refractivity contribution in [2.24, 2.45) is 0 Å². The number of carbonyl (C=O) groups is 1. The van der Waals surface area contributed by atoms with Crippen LogP contribution in [0.15, 0.2) is 53.4 Å². The molecule has 0 aliphatic rings. The lowest BCUT2D eigenvalue weighted by molar-refractivity contribution is -0.114. The first-order chi connectivity index (χ1) is 9.69. The van der Waals surface area contributed by atoms with Crippen LogP contribution in [0, 0.1) is 6.92 Å². The number of benzene rings is 2. The molecule has 0 spiro atoms. The topological polar surface area (TPSA) is 41.1 Å². The number of aryl methyl sites for hydroxylation is 1. The first kappa shape index (κ1) is 14.5. The van der Waals surface area contributed by atoms with Crippen molar-refractivity contribution in [1.82, 2.24) is 0 Å². The first-order valence-corrected chi connectivity index (χ1v) is 7.65. The van der Waals surface area contributed by atoms with E-state index in [0.717, 1.165) is 21.8 Å². The third-order valence-corrected chi connectivity index (χ3v) is 3.64. The molecule has 4 heteroatoms. The standard InChI is InChI=1S/C16H18N2OS/c1-12-6-5-7-13(10-12)18-16(19)11-17-14-8-3-4-9-15(14)20-2/h3-10,17H,11H2,1-2H3,(H,18,19). The van der Waals surface area contributed by atoms with Gasteiger partial charge in [0.2, 0.25) is 5.91 Å². The fourth-order valence-electron chi connectivity index (χ4n) is 1.89. The smallest absolute Gasteiger partial charge is 0.243 e. The summed E-state index contributed by atoms with van der Waals surface area (Å²) in [5.41, 5.74) is 2.94. The van der Waals surface area contributed by atoms with Gasteiger partial charge in [0.1, 0.15) is 0 Å². The van der Waals surface area contributed by atoms with E-state index < -0.39 is 0 Å². The average Bonchev–Trinajstić information content (AvgIpc) is 2.45. The molecule has 0 saturated heterocycles. The average molecular weight is 286 g/mol. The van der Waals surface area contributed by atoms with Crippen molar-refractivity contribution in [3.05, 3.63) is 54.1 Å². The van der Waals surface area contributed by atoms with Gasteiger partial charge in [-0.25, -0.2) is 0 Å². The Balaban J connectivity index is 1.92. The van der Waals surface area contributed by atoms with Gasteiger partial charge in [0.15, 0.2) is 0 Å². The molecular formula is C16H18N2OS. The molecule has 0 aliphatic heterocycles. The molecule has 0 unspecified atom stereocenters. The molecule has 2 rings (SSSR count). The summed E-state index contributed by atoms with van der Waals surface area (Å²) in [5, 5.41) is 6.05. The van der Waals surface area contributed by atoms with Crippen molar-refractivity contribution < 1.29 is 4.79 Å². The quantitative estimate of drug-likeness (QED) is 0.822. The molecule has 104 valence electrons. The third-order valence-electron chi connectivity index (χ3n) is 2.85. The van der Waals surface area contributed by atoms with Crippen LogP contribution >= 0.6 is 11.8 Å². The molecule has 0 aromatic heterocycles. The van der Waals surface area contributed by atoms with Gasteiger partial charge in [-0.3, -0.25) is 4.79 Å². The summed E-state index contributed by atoms with van der Waals surface area (Å²) in [6, 6.07) is 15.7. The number of rotatable bonds is 5. The Bertz CT molecular complexity index is 599. The van der Waals surface area contributed by atoms with Crippen molar-refractivity contribution in [3.63, 3.8) is 0 Å². The van der Waals surface area contributed by atoms with Gasteiger partial charge in [-0.2, -0.15) is 0 Å². The zero-order chi connectivity index (χ0) is 14.4. The summed E-state index contributed by atoms with van der Waals surface area (Å²) < 4.78 is 0. The van der Waals surface area contributed by atoms with E-state index >= 15 is 0 Å². The number of anilines is 2. The van der Waals surface area contributed by atoms with Crippen LogP contribution < -0.4 is 10.6 Å². The summed E-state index contributed by atoms with van der Waals surface area (Å²) in [4.78, 5) is 13.1. The van der Waals surface area contributed by atoms with Crippen LogP contribution in [0.3, 0.4) is 0 Å². The molecule has 20 heavy (non-hydrogen) atoms. The lowest BCUT2D eigenvalue weighted by Gasteiger charge is -2.11. The summed E-state index contributed by atoms with van der Waals surface area (Å²) in [7, 11) is 0. The maximum Gasteiger partial charge on any atom is 0.243 e. The summed E-state index contributed by atoms with van der Waals surface area (Å²) in [6.45, 7) is 2.26. The van der Waals surface area contributed by atoms with E-state index in [0.29, 0.717) is 0 Å². The van der Waals surface area contributed by atoms with Crippen molar-refractivity contribution >= 4 is 29.0 Å². The van der Waals surface area contributed by atoms with Gasteiger partial charge in [-0.05, 0) is 43.0 Å². The number of thioether (sulfide) groups is 1. The molecule has 0 saturated carbocycles. The molecule has 0 bridgehead atoms. The minimum Gasteiger partial charge on any atom is -0.375 e. The van der Waals surface area contributed by atoms with Gasteiger partial charge < -0.3 is 10.6 Å². The van der Waals surface area contributed by atoms with Crippen LogP contribution in [0.4, 0.5) is 11.4 Å². The molecule has 0 radical (unpaired) electrons. The molecule has 2 aromatic rings. The van der Waals surface area contributed by atoms with Crippen molar-refractivity contribution in [2.45, 2.75) is 11.8 Å². The predicted molar refractivity (Wildman–Crippen MR) is 86.5 cm³/mol. The number of para-hydroxylation sites is 1. The largest absolute Gasteiger partial charge is 0.375 e. The van der Waals surface area contributed by atoms with E-state index in [1.54, 1.807) is 11.8 Å². The highest BCUT2D eigenvalue weighted by Crippen LogP contribution is 2.24. The molecule has 0 atom stereocenters. The molecular weight excluding hydrogens is 268 g/mol. The van der Waals surface area contributed by atoms with Gasteiger partial charge >= 0.3 is 0 Å². The summed E-state index contributed by atoms with van der Waals surface area (Å²) in [6.07, 6.45) is 2.02. The number of nitrogens with one attached hydrogen (secondary N) is 2. The van der Waals surface area contributed by atoms with Crippen LogP contribution in [-0.2, 0) is 4.79 Å². The van der Waals surface area contributed by atoms with E-state index in [2.05, 4.69) is 10.6 Å². The van der Waals surface area contributed by atoms with Crippen molar-refractivity contribution in [1.29, 1.82) is 0 Å². The Hall–Kier alpha value is -1.94. The van der Waals surface area contributed by atoms with Gasteiger partial charge in [0.25, 0.3) is 0 Å². The number of carbonyl (C=O) groups excluding carboxylic acids is 1. The van der Waals surface area contributed by atoms with E-state index in [1.807, 2.05) is 61.7 Å². The van der Waals surface area contributed by atoms with Crippen LogP contribution in [0.25, 0.3) is 0 Å². The highest BCUT2D eigenvalue weighted by atomic mass is 32.2. The minimum atomic E-state index is -0.0495. The normalized spacial score (nSPS) is 10.1. The maximum absolute atomic E-state index is 11.9. The minimum absolute atomic E-state index is 0.0495. The summed E-state index contributed by atoms with van der Waals surface area (Å²) >= 11 is 1.66. The Labute approximate surface area is 123 Å². The highest BCUT2D eigenvalue weighted by Gasteiger charge is 2.04. The van der Waals surface area contributed by atoms with Crippen LogP contribution in [0.1, 0.15) is 5.56 Å². The van der Waals surface area contributed by atoms with Gasteiger partial charge in [0.05, 0.1) is 6.54 Å². The fraction of sp³-hybridized carbons (Fsp3) is 0.188. The van der Waals surface area contributed by atoms with Gasteiger partial charge in [-0.15, -0.1) is 11.8 Å². The molecule has 0 fully saturated rings. The lowest BCUT2D eigenvalue weighted by atomic mass is 10.2. The second-order valence-corrected chi connectivity index (χ2v) is 5.32. The van der Waals surface area contributed by atoms with E-state index in [1.165, 1.54) is 0 Å². The monoisotopic (exact) mass is 286 g/mol. The molecule has 2 N–H and O–H groups in total. The van der Waals surface area contributed by atoms with Crippen LogP contribution in [-0.4, -0.2) is 18.7 Å². The summed E-state index contributed by atoms with van der Waals surface area (Å²) in [5.74, 6) is -0.0495. The van der Waals surface area contributed by atoms with E-state index in [-0.39, 0.29) is 12.5 Å². The van der Waals surface area contributed by atoms with E-state index in [9.17, 15) is 4.79 Å². The lowest BCUT2D eigenvalue weighted by Crippen LogP contribution is -2.21. The molecule has 0 aliphatic carbocycles. The zero-order valence-electron chi connectivity index (χ0n) is 11.6. The fourth-order valence-corrected chi connectivity index (χ4v) is 2.47. The Morgan fingerprint density at radius 1 is 1.15 bits per heavy atom. The van der Waals surface area contributed by atoms with Crippen LogP contribution in [0.5, 0.6) is 0 Å². The number of amides is 1. The maximum atomic E-state index is 11.9. The van der Waals surface area contributed by atoms with Crippen molar-refractivity contribution in [2.75, 3.05) is 23.4 Å². The number of hydrogen-bond donors (Lipinski definition) is 2. The second-order valence-electron chi connectivity index (χ2n) is 4.47. The molecule has 1 amide bonds. The Morgan fingerprint density at radius 3 is 2.70 bits per heavy atom. The number of hydrogen-bond acceptors (Lipinski definition) is 3.